The van der Waals surface area contributed by atoms with Crippen LogP contribution < -0.4 is 0 Å². The van der Waals surface area contributed by atoms with Crippen molar-refractivity contribution in [1.82, 2.24) is 9.97 Å². The highest BCUT2D eigenvalue weighted by atomic mass is 16.6. The quantitative estimate of drug-likeness (QED) is 0.155. The van der Waals surface area contributed by atoms with Gasteiger partial charge in [0.15, 0.2) is 11.4 Å². The van der Waals surface area contributed by atoms with E-state index in [1.54, 1.807) is 31.3 Å². The number of nitrogens with zero attached hydrogens (tertiary/aromatic N) is 2. The van der Waals surface area contributed by atoms with Gasteiger partial charge in [-0.25, -0.2) is 14.4 Å². The van der Waals surface area contributed by atoms with E-state index in [1.807, 2.05) is 33.8 Å². The molecule has 0 saturated heterocycles. The van der Waals surface area contributed by atoms with Crippen LogP contribution in [0.3, 0.4) is 0 Å². The van der Waals surface area contributed by atoms with E-state index >= 15 is 0 Å². The average molecular weight is 701 g/mol. The van der Waals surface area contributed by atoms with Crippen molar-refractivity contribution in [3.05, 3.63) is 83.5 Å². The summed E-state index contributed by atoms with van der Waals surface area (Å²) in [5.74, 6) is -3.00. The molecule has 6 rings (SSSR count). The lowest BCUT2D eigenvalue weighted by atomic mass is 9.42. The molecule has 8 atom stereocenters. The number of aromatic nitrogens is 2. The summed E-state index contributed by atoms with van der Waals surface area (Å²) in [7, 11) is 0. The lowest BCUT2D eigenvalue weighted by Gasteiger charge is -2.67. The second kappa shape index (κ2) is 13.1. The van der Waals surface area contributed by atoms with Crippen LogP contribution in [-0.4, -0.2) is 72.9 Å². The van der Waals surface area contributed by atoms with Crippen LogP contribution in [0.5, 0.6) is 0 Å². The van der Waals surface area contributed by atoms with Crippen molar-refractivity contribution in [2.24, 2.45) is 22.7 Å². The van der Waals surface area contributed by atoms with Gasteiger partial charge in [-0.15, -0.1) is 0 Å². The van der Waals surface area contributed by atoms with Crippen LogP contribution in [-0.2, 0) is 23.8 Å². The molecule has 4 aliphatic rings. The fourth-order valence-electron chi connectivity index (χ4n) is 9.60. The Morgan fingerprint density at radius 3 is 2.16 bits per heavy atom. The normalized spacial score (nSPS) is 35.8. The van der Waals surface area contributed by atoms with Gasteiger partial charge in [0.2, 0.25) is 0 Å². The molecule has 2 N–H and O–H groups in total. The zero-order valence-corrected chi connectivity index (χ0v) is 30.2. The average Bonchev–Trinajstić information content (AvgIpc) is 3.35. The summed E-state index contributed by atoms with van der Waals surface area (Å²) in [5, 5.41) is 26.1. The molecular formula is C40H48N2O9. The fourth-order valence-corrected chi connectivity index (χ4v) is 9.60. The number of rotatable bonds is 8. The summed E-state index contributed by atoms with van der Waals surface area (Å²) in [4.78, 5) is 62.2. The van der Waals surface area contributed by atoms with Gasteiger partial charge in [-0.05, 0) is 94.9 Å². The summed E-state index contributed by atoms with van der Waals surface area (Å²) in [5.41, 5.74) is -5.94. The molecule has 3 saturated carbocycles. The second-order valence-corrected chi connectivity index (χ2v) is 15.6. The third kappa shape index (κ3) is 5.64. The summed E-state index contributed by atoms with van der Waals surface area (Å²) >= 11 is 0. The highest BCUT2D eigenvalue weighted by Gasteiger charge is 2.83. The lowest BCUT2D eigenvalue weighted by molar-refractivity contribution is -0.313. The third-order valence-electron chi connectivity index (χ3n) is 12.9. The van der Waals surface area contributed by atoms with Gasteiger partial charge in [-0.1, -0.05) is 38.0 Å². The summed E-state index contributed by atoms with van der Waals surface area (Å²) in [6, 6.07) is 6.42. The van der Waals surface area contributed by atoms with Crippen LogP contribution in [0.2, 0.25) is 0 Å². The van der Waals surface area contributed by atoms with E-state index in [9.17, 15) is 29.4 Å². The minimum absolute atomic E-state index is 0.0372. The van der Waals surface area contributed by atoms with Crippen LogP contribution in [0.15, 0.2) is 72.4 Å². The SMILES string of the molecule is CC(=O)[C@]1(OC(=O)c2cccnc2)CC[C@@]2(O)[C@]1(C)[C@H](OC(=O)/C=C(\C)C(C)C)C[C@@H]1[C@@]3(C)CC[C@H](OC(=O)c4cccnc4)CC3=CC[C@]12O. The minimum Gasteiger partial charge on any atom is -0.458 e. The fraction of sp³-hybridized carbons (Fsp3) is 0.550. The standard InChI is InChI=1S/C40H48N2O9/c1-24(2)25(3)19-33(44)50-32-21-31-36(5)13-12-30(49-34(45)27-9-7-17-41-22-27)20-29(36)11-14-38(31,47)40(48)16-15-39(26(4)43,37(32,40)6)51-35(46)28-10-8-18-42-23-28/h7-11,17-19,22-24,30-32,47-48H,12-16,20-21H2,1-6H3/b25-19+/t30-,31+,32+,36-,37+,38-,39+,40+/m0/s1. The Balaban J connectivity index is 1.41. The van der Waals surface area contributed by atoms with E-state index in [0.29, 0.717) is 24.8 Å². The van der Waals surface area contributed by atoms with Crippen molar-refractivity contribution in [2.75, 3.05) is 0 Å². The Morgan fingerprint density at radius 1 is 0.922 bits per heavy atom. The van der Waals surface area contributed by atoms with Gasteiger partial charge in [0.05, 0.1) is 16.5 Å². The van der Waals surface area contributed by atoms with Gasteiger partial charge in [-0.2, -0.15) is 0 Å². The first kappa shape index (κ1) is 36.6. The van der Waals surface area contributed by atoms with Gasteiger partial charge >= 0.3 is 17.9 Å². The van der Waals surface area contributed by atoms with Gasteiger partial charge in [0, 0.05) is 43.2 Å². The van der Waals surface area contributed by atoms with Gasteiger partial charge in [0.25, 0.3) is 0 Å². The molecule has 11 nitrogen and oxygen atoms in total. The largest absolute Gasteiger partial charge is 0.458 e. The number of hydrogen-bond donors (Lipinski definition) is 2. The number of esters is 3. The first-order valence-corrected chi connectivity index (χ1v) is 17.8. The van der Waals surface area contributed by atoms with Gasteiger partial charge in [0.1, 0.15) is 23.4 Å². The number of hydrogen-bond acceptors (Lipinski definition) is 11. The summed E-state index contributed by atoms with van der Waals surface area (Å²) in [6.45, 7) is 10.7. The molecule has 0 spiro atoms. The monoisotopic (exact) mass is 700 g/mol. The molecule has 0 aliphatic heterocycles. The van der Waals surface area contributed by atoms with E-state index < -0.39 is 69.5 Å². The number of Topliss-reactive ketones (excluding diaryl/α,β-unsaturated/α-hetero) is 1. The molecule has 4 aliphatic carbocycles. The highest BCUT2D eigenvalue weighted by molar-refractivity contribution is 5.95. The summed E-state index contributed by atoms with van der Waals surface area (Å²) < 4.78 is 18.4. The molecule has 272 valence electrons. The maximum absolute atomic E-state index is 13.9. The number of allylic oxidation sites excluding steroid dienone is 1. The molecule has 2 aromatic heterocycles. The first-order chi connectivity index (χ1) is 24.0. The molecule has 0 radical (unpaired) electrons. The van der Waals surface area contributed by atoms with E-state index in [2.05, 4.69) is 9.97 Å². The molecule has 3 fully saturated rings. The minimum atomic E-state index is -2.03. The van der Waals surface area contributed by atoms with Crippen LogP contribution in [0.1, 0.15) is 107 Å². The maximum Gasteiger partial charge on any atom is 0.340 e. The van der Waals surface area contributed by atoms with Crippen molar-refractivity contribution < 1.29 is 43.6 Å². The van der Waals surface area contributed by atoms with Gasteiger partial charge < -0.3 is 24.4 Å². The zero-order chi connectivity index (χ0) is 37.0. The van der Waals surface area contributed by atoms with E-state index in [-0.39, 0.29) is 37.2 Å². The number of carbonyl (C=O) groups is 4. The number of pyridine rings is 2. The summed E-state index contributed by atoms with van der Waals surface area (Å²) in [6.07, 6.45) is 9.09. The van der Waals surface area contributed by atoms with Crippen molar-refractivity contribution in [3.63, 3.8) is 0 Å². The van der Waals surface area contributed by atoms with Gasteiger partial charge in [-0.3, -0.25) is 14.8 Å². The number of carbonyl (C=O) groups excluding carboxylic acids is 4. The number of fused-ring (bicyclic) bond motifs is 5. The molecule has 51 heavy (non-hydrogen) atoms. The van der Waals surface area contributed by atoms with Crippen LogP contribution >= 0.6 is 0 Å². The topological polar surface area (TPSA) is 162 Å². The molecule has 0 aromatic carbocycles. The Labute approximate surface area is 298 Å². The molecular weight excluding hydrogens is 652 g/mol. The zero-order valence-electron chi connectivity index (χ0n) is 30.2. The lowest BCUT2D eigenvalue weighted by Crippen LogP contribution is -2.78. The number of aliphatic hydroxyl groups is 2. The van der Waals surface area contributed by atoms with Crippen molar-refractivity contribution in [2.45, 2.75) is 115 Å². The molecule has 11 heteroatoms. The second-order valence-electron chi connectivity index (χ2n) is 15.6. The van der Waals surface area contributed by atoms with Crippen LogP contribution in [0.25, 0.3) is 0 Å². The molecule has 0 bridgehead atoms. The smallest absolute Gasteiger partial charge is 0.340 e. The molecule has 0 amide bonds. The Bertz CT molecular complexity index is 1780. The molecule has 2 aromatic rings. The highest BCUT2D eigenvalue weighted by Crippen LogP contribution is 2.71. The Hall–Kier alpha value is -4.22. The third-order valence-corrected chi connectivity index (χ3v) is 12.9. The van der Waals surface area contributed by atoms with Crippen molar-refractivity contribution in [1.29, 1.82) is 0 Å². The number of ether oxygens (including phenoxy) is 3. The predicted octanol–water partition coefficient (Wildman–Crippen LogP) is 5.50. The van der Waals surface area contributed by atoms with Crippen molar-refractivity contribution >= 4 is 23.7 Å². The maximum atomic E-state index is 13.9. The van der Waals surface area contributed by atoms with E-state index in [0.717, 1.165) is 11.1 Å². The Morgan fingerprint density at radius 2 is 1.57 bits per heavy atom. The number of ketones is 1. The van der Waals surface area contributed by atoms with Crippen LogP contribution in [0, 0.1) is 22.7 Å². The molecule has 0 unspecified atom stereocenters. The predicted molar refractivity (Wildman–Crippen MR) is 185 cm³/mol. The molecule has 2 heterocycles. The van der Waals surface area contributed by atoms with E-state index in [4.69, 9.17) is 14.2 Å². The Kier molecular flexibility index (Phi) is 9.38. The van der Waals surface area contributed by atoms with E-state index in [1.165, 1.54) is 37.7 Å². The van der Waals surface area contributed by atoms with Crippen LogP contribution in [0.4, 0.5) is 0 Å². The van der Waals surface area contributed by atoms with Crippen molar-refractivity contribution in [3.8, 4) is 0 Å². The first-order valence-electron chi connectivity index (χ1n) is 17.8.